The Morgan fingerprint density at radius 2 is 1.67 bits per heavy atom. The predicted octanol–water partition coefficient (Wildman–Crippen LogP) is 3.93. The fourth-order valence-electron chi connectivity index (χ4n) is 2.86. The number of methoxy groups -OCH3 is 2. The average Bonchev–Trinajstić information content (AvgIpc) is 2.79. The summed E-state index contributed by atoms with van der Waals surface area (Å²) in [5.41, 5.74) is 3.65. The predicted molar refractivity (Wildman–Crippen MR) is 113 cm³/mol. The van der Waals surface area contributed by atoms with Gasteiger partial charge in [-0.2, -0.15) is 0 Å². The molecular weight excluding hydrogens is 384 g/mol. The molecule has 30 heavy (non-hydrogen) atoms. The summed E-state index contributed by atoms with van der Waals surface area (Å²) >= 11 is 0. The van der Waals surface area contributed by atoms with Crippen LogP contribution in [-0.2, 0) is 14.3 Å². The molecule has 0 fully saturated rings. The minimum absolute atomic E-state index is 0.144. The lowest BCUT2D eigenvalue weighted by atomic mass is 10.1. The molecule has 1 heterocycles. The highest BCUT2D eigenvalue weighted by Crippen LogP contribution is 2.33. The normalized spacial score (nSPS) is 10.2. The van der Waals surface area contributed by atoms with Crippen molar-refractivity contribution < 1.29 is 23.8 Å². The van der Waals surface area contributed by atoms with Crippen molar-refractivity contribution in [2.24, 2.45) is 0 Å². The van der Waals surface area contributed by atoms with Crippen molar-refractivity contribution in [3.05, 3.63) is 60.7 Å². The highest BCUT2D eigenvalue weighted by molar-refractivity contribution is 6.37. The monoisotopic (exact) mass is 406 g/mol. The summed E-state index contributed by atoms with van der Waals surface area (Å²) in [6, 6.07) is 18.3. The van der Waals surface area contributed by atoms with E-state index in [0.29, 0.717) is 17.2 Å². The summed E-state index contributed by atoms with van der Waals surface area (Å²) in [7, 11) is 3.22. The van der Waals surface area contributed by atoms with E-state index in [-0.39, 0.29) is 6.61 Å². The molecule has 7 heteroatoms. The second kappa shape index (κ2) is 9.56. The molecule has 0 aliphatic rings. The third kappa shape index (κ3) is 4.75. The molecule has 0 bridgehead atoms. The zero-order valence-electron chi connectivity index (χ0n) is 17.0. The van der Waals surface area contributed by atoms with Gasteiger partial charge in [0.1, 0.15) is 11.5 Å². The van der Waals surface area contributed by atoms with Gasteiger partial charge in [0.2, 0.25) is 0 Å². The van der Waals surface area contributed by atoms with E-state index < -0.39 is 11.9 Å². The summed E-state index contributed by atoms with van der Waals surface area (Å²) in [5, 5.41) is 2.51. The number of ether oxygens (including phenoxy) is 3. The summed E-state index contributed by atoms with van der Waals surface area (Å²) in [6.45, 7) is 1.79. The van der Waals surface area contributed by atoms with E-state index in [1.54, 1.807) is 33.3 Å². The van der Waals surface area contributed by atoms with E-state index in [1.807, 2.05) is 48.5 Å². The number of aromatic nitrogens is 1. The molecule has 7 nitrogen and oxygen atoms in total. The van der Waals surface area contributed by atoms with Crippen molar-refractivity contribution in [3.8, 4) is 34.0 Å². The van der Waals surface area contributed by atoms with Crippen LogP contribution >= 0.6 is 0 Å². The third-order valence-electron chi connectivity index (χ3n) is 4.33. The van der Waals surface area contributed by atoms with Gasteiger partial charge in [0.25, 0.3) is 0 Å². The maximum absolute atomic E-state index is 11.8. The number of amides is 1. The lowest BCUT2D eigenvalue weighted by molar-refractivity contribution is -0.152. The number of carbonyl (C=O) groups is 2. The Kier molecular flexibility index (Phi) is 6.64. The number of nitrogens with one attached hydrogen (secondary N) is 1. The smallest absolute Gasteiger partial charge is 0.397 e. The highest BCUT2D eigenvalue weighted by atomic mass is 16.5. The molecule has 0 atom stereocenters. The molecule has 0 aliphatic heterocycles. The van der Waals surface area contributed by atoms with E-state index in [2.05, 4.69) is 10.1 Å². The Morgan fingerprint density at radius 3 is 2.33 bits per heavy atom. The topological polar surface area (TPSA) is 86.8 Å². The van der Waals surface area contributed by atoms with Gasteiger partial charge < -0.3 is 19.5 Å². The van der Waals surface area contributed by atoms with Crippen LogP contribution in [0.2, 0.25) is 0 Å². The number of pyridine rings is 1. The van der Waals surface area contributed by atoms with Gasteiger partial charge in [-0.1, -0.05) is 18.2 Å². The zero-order chi connectivity index (χ0) is 21.5. The number of rotatable bonds is 6. The van der Waals surface area contributed by atoms with Crippen molar-refractivity contribution in [2.75, 3.05) is 26.1 Å². The quantitative estimate of drug-likeness (QED) is 0.493. The summed E-state index contributed by atoms with van der Waals surface area (Å²) < 4.78 is 15.5. The van der Waals surface area contributed by atoms with Crippen LogP contribution < -0.4 is 14.8 Å². The molecule has 0 radical (unpaired) electrons. The third-order valence-corrected chi connectivity index (χ3v) is 4.33. The lowest BCUT2D eigenvalue weighted by Gasteiger charge is -2.11. The van der Waals surface area contributed by atoms with E-state index in [4.69, 9.17) is 14.5 Å². The molecular formula is C23H22N2O5. The minimum atomic E-state index is -0.914. The number of hydrogen-bond donors (Lipinski definition) is 1. The summed E-state index contributed by atoms with van der Waals surface area (Å²) in [6.07, 6.45) is 0. The number of nitrogens with zero attached hydrogens (tertiary/aromatic N) is 1. The van der Waals surface area contributed by atoms with Crippen LogP contribution in [0.25, 0.3) is 22.5 Å². The molecule has 1 amide bonds. The highest BCUT2D eigenvalue weighted by Gasteiger charge is 2.15. The largest absolute Gasteiger partial charge is 0.497 e. The first-order valence-corrected chi connectivity index (χ1v) is 9.33. The molecule has 3 aromatic rings. The van der Waals surface area contributed by atoms with Crippen LogP contribution in [-0.4, -0.2) is 37.7 Å². The van der Waals surface area contributed by atoms with Crippen molar-refractivity contribution in [1.82, 2.24) is 4.98 Å². The zero-order valence-corrected chi connectivity index (χ0v) is 17.0. The molecule has 1 aromatic heterocycles. The van der Waals surface area contributed by atoms with Crippen LogP contribution in [0.1, 0.15) is 6.92 Å². The number of esters is 1. The lowest BCUT2D eigenvalue weighted by Crippen LogP contribution is -2.24. The van der Waals surface area contributed by atoms with Gasteiger partial charge in [0.05, 0.1) is 32.2 Å². The Morgan fingerprint density at radius 1 is 0.933 bits per heavy atom. The van der Waals surface area contributed by atoms with Crippen LogP contribution in [0.4, 0.5) is 5.69 Å². The number of hydrogen-bond acceptors (Lipinski definition) is 6. The van der Waals surface area contributed by atoms with E-state index >= 15 is 0 Å². The molecule has 0 saturated carbocycles. The number of carbonyl (C=O) groups excluding carboxylic acids is 2. The first-order chi connectivity index (χ1) is 14.5. The number of anilines is 1. The van der Waals surface area contributed by atoms with Crippen LogP contribution in [0.3, 0.4) is 0 Å². The van der Waals surface area contributed by atoms with Gasteiger partial charge in [-0.05, 0) is 49.4 Å². The summed E-state index contributed by atoms with van der Waals surface area (Å²) in [5.74, 6) is -0.324. The molecule has 0 spiro atoms. The molecule has 0 aliphatic carbocycles. The average molecular weight is 406 g/mol. The van der Waals surface area contributed by atoms with Gasteiger partial charge in [0, 0.05) is 16.8 Å². The van der Waals surface area contributed by atoms with Crippen LogP contribution in [0.5, 0.6) is 11.5 Å². The summed E-state index contributed by atoms with van der Waals surface area (Å²) in [4.78, 5) is 27.9. The molecule has 0 unspecified atom stereocenters. The second-order valence-electron chi connectivity index (χ2n) is 6.23. The van der Waals surface area contributed by atoms with Gasteiger partial charge >= 0.3 is 11.9 Å². The van der Waals surface area contributed by atoms with Gasteiger partial charge in [0.15, 0.2) is 0 Å². The minimum Gasteiger partial charge on any atom is -0.497 e. The fourth-order valence-corrected chi connectivity index (χ4v) is 2.86. The molecule has 3 rings (SSSR count). The van der Waals surface area contributed by atoms with Crippen LogP contribution in [0, 0.1) is 0 Å². The van der Waals surface area contributed by atoms with Gasteiger partial charge in [-0.25, -0.2) is 9.78 Å². The van der Waals surface area contributed by atoms with Crippen molar-refractivity contribution in [2.45, 2.75) is 6.92 Å². The van der Waals surface area contributed by atoms with E-state index in [1.165, 1.54) is 0 Å². The van der Waals surface area contributed by atoms with Crippen LogP contribution in [0.15, 0.2) is 60.7 Å². The second-order valence-corrected chi connectivity index (χ2v) is 6.23. The standard InChI is InChI=1S/C23H22N2O5/c1-4-30-23(27)22(26)24-16-10-8-15(9-11-16)19-6-5-7-20(25-19)18-14-17(28-2)12-13-21(18)29-3/h5-14H,4H2,1-3H3,(H,24,26). The Hall–Kier alpha value is -3.87. The first-order valence-electron chi connectivity index (χ1n) is 9.33. The maximum Gasteiger partial charge on any atom is 0.397 e. The van der Waals surface area contributed by atoms with Crippen molar-refractivity contribution in [3.63, 3.8) is 0 Å². The molecule has 154 valence electrons. The van der Waals surface area contributed by atoms with Gasteiger partial charge in [-0.15, -0.1) is 0 Å². The number of benzene rings is 2. The SMILES string of the molecule is CCOC(=O)C(=O)Nc1ccc(-c2cccc(-c3cc(OC)ccc3OC)n2)cc1. The molecule has 1 N–H and O–H groups in total. The first kappa shape index (κ1) is 20.9. The van der Waals surface area contributed by atoms with Crippen molar-refractivity contribution in [1.29, 1.82) is 0 Å². The maximum atomic E-state index is 11.8. The van der Waals surface area contributed by atoms with Crippen molar-refractivity contribution >= 4 is 17.6 Å². The molecule has 0 saturated heterocycles. The van der Waals surface area contributed by atoms with Gasteiger partial charge in [-0.3, -0.25) is 4.79 Å². The van der Waals surface area contributed by atoms with E-state index in [0.717, 1.165) is 22.5 Å². The van der Waals surface area contributed by atoms with E-state index in [9.17, 15) is 9.59 Å². The Labute approximate surface area is 174 Å². The Bertz CT molecular complexity index is 1050. The fraction of sp³-hybridized carbons (Fsp3) is 0.174. The molecule has 2 aromatic carbocycles. The Balaban J connectivity index is 1.85.